The van der Waals surface area contributed by atoms with Crippen molar-refractivity contribution in [3.63, 3.8) is 0 Å². The molecule has 0 radical (unpaired) electrons. The molecule has 1 amide bonds. The Labute approximate surface area is 166 Å². The number of ketones is 1. The van der Waals surface area contributed by atoms with Crippen molar-refractivity contribution in [2.75, 3.05) is 5.75 Å². The van der Waals surface area contributed by atoms with Gasteiger partial charge in [-0.25, -0.2) is 14.3 Å². The molecule has 142 valence electrons. The van der Waals surface area contributed by atoms with Gasteiger partial charge < -0.3 is 0 Å². The molecular formula is C21H18FN3O2S. The Kier molecular flexibility index (Phi) is 4.85. The first kappa shape index (κ1) is 18.6. The average Bonchev–Trinajstić information content (AvgIpc) is 3.04. The van der Waals surface area contributed by atoms with Crippen molar-refractivity contribution in [3.05, 3.63) is 65.5 Å². The lowest BCUT2D eigenvalue weighted by Gasteiger charge is -2.25. The summed E-state index contributed by atoms with van der Waals surface area (Å²) in [7, 11) is 0. The van der Waals surface area contributed by atoms with E-state index in [2.05, 4.69) is 9.98 Å². The zero-order chi connectivity index (χ0) is 19.8. The molecule has 1 atom stereocenters. The Balaban J connectivity index is 1.62. The summed E-state index contributed by atoms with van der Waals surface area (Å²) < 4.78 is 13.1. The molecule has 2 aliphatic heterocycles. The number of Topliss-reactive ketones (excluding diaryl/α,β-unsaturated/α-hetero) is 1. The van der Waals surface area contributed by atoms with E-state index in [1.54, 1.807) is 0 Å². The van der Waals surface area contributed by atoms with Crippen molar-refractivity contribution in [1.82, 2.24) is 4.90 Å². The van der Waals surface area contributed by atoms with Crippen molar-refractivity contribution in [2.24, 2.45) is 15.9 Å². The van der Waals surface area contributed by atoms with E-state index in [9.17, 15) is 14.0 Å². The number of carbonyl (C=O) groups is 2. The average molecular weight is 395 g/mol. The highest BCUT2D eigenvalue weighted by atomic mass is 32.2. The van der Waals surface area contributed by atoms with Crippen LogP contribution >= 0.6 is 11.8 Å². The van der Waals surface area contributed by atoms with Crippen LogP contribution in [0.2, 0.25) is 0 Å². The molecule has 0 saturated carbocycles. The van der Waals surface area contributed by atoms with Crippen molar-refractivity contribution in [2.45, 2.75) is 19.9 Å². The van der Waals surface area contributed by atoms with Gasteiger partial charge in [0, 0.05) is 11.1 Å². The summed E-state index contributed by atoms with van der Waals surface area (Å²) in [4.78, 5) is 36.2. The summed E-state index contributed by atoms with van der Waals surface area (Å²) in [5.74, 6) is 0.0736. The number of aliphatic imine (C=N–C) groups is 2. The second-order valence-electron chi connectivity index (χ2n) is 6.95. The largest absolute Gasteiger partial charge is 0.293 e. The molecule has 2 aromatic carbocycles. The lowest BCUT2D eigenvalue weighted by molar-refractivity contribution is -0.125. The molecule has 2 aromatic rings. The molecule has 0 bridgehead atoms. The molecule has 2 heterocycles. The van der Waals surface area contributed by atoms with Gasteiger partial charge in [0.15, 0.2) is 11.0 Å². The molecule has 1 unspecified atom stereocenters. The third-order valence-corrected chi connectivity index (χ3v) is 5.57. The smallest absolute Gasteiger partial charge is 0.259 e. The van der Waals surface area contributed by atoms with E-state index in [0.29, 0.717) is 16.6 Å². The highest BCUT2D eigenvalue weighted by molar-refractivity contribution is 8.14. The standard InChI is InChI=1S/C21H18FN3O2S/c1-12(2)18-20(27)25-19(24-18)15-5-3-4-6-16(15)23-21(25)28-11-17(26)13-7-9-14(22)10-8-13/h3-10,12,18H,11H2,1-2H3. The lowest BCUT2D eigenvalue weighted by Crippen LogP contribution is -2.42. The molecule has 0 saturated heterocycles. The Hall–Kier alpha value is -2.80. The highest BCUT2D eigenvalue weighted by Gasteiger charge is 2.42. The first-order chi connectivity index (χ1) is 13.5. The van der Waals surface area contributed by atoms with Crippen LogP contribution in [0.25, 0.3) is 0 Å². The topological polar surface area (TPSA) is 62.1 Å². The molecule has 0 spiro atoms. The number of thioether (sulfide) groups is 1. The Morgan fingerprint density at radius 2 is 1.89 bits per heavy atom. The van der Waals surface area contributed by atoms with Gasteiger partial charge in [0.1, 0.15) is 17.7 Å². The monoisotopic (exact) mass is 395 g/mol. The maximum atomic E-state index is 13.1. The Morgan fingerprint density at radius 3 is 2.61 bits per heavy atom. The first-order valence-electron chi connectivity index (χ1n) is 8.97. The Bertz CT molecular complexity index is 1010. The molecule has 2 aliphatic rings. The van der Waals surface area contributed by atoms with Crippen molar-refractivity contribution in [1.29, 1.82) is 0 Å². The fourth-order valence-corrected chi connectivity index (χ4v) is 4.05. The van der Waals surface area contributed by atoms with E-state index in [4.69, 9.17) is 0 Å². The zero-order valence-corrected chi connectivity index (χ0v) is 16.2. The summed E-state index contributed by atoms with van der Waals surface area (Å²) >= 11 is 1.19. The quantitative estimate of drug-likeness (QED) is 0.734. The van der Waals surface area contributed by atoms with Gasteiger partial charge in [0.05, 0.1) is 11.4 Å². The van der Waals surface area contributed by atoms with E-state index in [-0.39, 0.29) is 29.2 Å². The van der Waals surface area contributed by atoms with Gasteiger partial charge in [-0.2, -0.15) is 0 Å². The van der Waals surface area contributed by atoms with Crippen LogP contribution in [0.3, 0.4) is 0 Å². The first-order valence-corrected chi connectivity index (χ1v) is 9.95. The molecule has 0 aliphatic carbocycles. The van der Waals surface area contributed by atoms with Crippen LogP contribution in [0.15, 0.2) is 58.5 Å². The second-order valence-corrected chi connectivity index (χ2v) is 7.89. The lowest BCUT2D eigenvalue weighted by atomic mass is 10.1. The van der Waals surface area contributed by atoms with Crippen LogP contribution in [0.1, 0.15) is 29.8 Å². The number of halogens is 1. The SMILES string of the molecule is CC(C)C1N=C2c3ccccc3N=C(SCC(=O)c3ccc(F)cc3)N2C1=O. The number of rotatable bonds is 4. The number of carbonyl (C=O) groups excluding carboxylic acids is 2. The van der Waals surface area contributed by atoms with E-state index in [0.717, 1.165) is 11.3 Å². The minimum absolute atomic E-state index is 0.0601. The van der Waals surface area contributed by atoms with Crippen LogP contribution in [0.5, 0.6) is 0 Å². The molecule has 4 rings (SSSR count). The van der Waals surface area contributed by atoms with Gasteiger partial charge in [-0.15, -0.1) is 0 Å². The molecular weight excluding hydrogens is 377 g/mol. The van der Waals surface area contributed by atoms with Crippen LogP contribution in [0.4, 0.5) is 10.1 Å². The second kappa shape index (κ2) is 7.31. The van der Waals surface area contributed by atoms with Crippen molar-refractivity contribution >= 4 is 40.1 Å². The number of amides is 1. The summed E-state index contributed by atoms with van der Waals surface area (Å²) in [5.41, 5.74) is 1.96. The fourth-order valence-electron chi connectivity index (χ4n) is 3.15. The van der Waals surface area contributed by atoms with Gasteiger partial charge in [0.2, 0.25) is 0 Å². The van der Waals surface area contributed by atoms with Crippen LogP contribution in [-0.4, -0.2) is 39.4 Å². The number of amidine groups is 2. The number of hydrogen-bond acceptors (Lipinski definition) is 5. The Morgan fingerprint density at radius 1 is 1.18 bits per heavy atom. The summed E-state index contributed by atoms with van der Waals surface area (Å²) in [6.45, 7) is 3.91. The third-order valence-electron chi connectivity index (χ3n) is 4.63. The predicted octanol–water partition coefficient (Wildman–Crippen LogP) is 4.06. The van der Waals surface area contributed by atoms with Crippen LogP contribution < -0.4 is 0 Å². The number of hydrogen-bond donors (Lipinski definition) is 0. The van der Waals surface area contributed by atoms with E-state index in [1.165, 1.54) is 40.9 Å². The normalized spacial score (nSPS) is 17.9. The third kappa shape index (κ3) is 3.26. The maximum Gasteiger partial charge on any atom is 0.259 e. The number of benzene rings is 2. The summed E-state index contributed by atoms with van der Waals surface area (Å²) in [6, 6.07) is 12.5. The number of fused-ring (bicyclic) bond motifs is 3. The fraction of sp³-hybridized carbons (Fsp3) is 0.238. The summed E-state index contributed by atoms with van der Waals surface area (Å²) in [6.07, 6.45) is 0. The molecule has 0 fully saturated rings. The molecule has 7 heteroatoms. The minimum atomic E-state index is -0.459. The highest BCUT2D eigenvalue weighted by Crippen LogP contribution is 2.34. The van der Waals surface area contributed by atoms with Gasteiger partial charge in [0.25, 0.3) is 5.91 Å². The van der Waals surface area contributed by atoms with Gasteiger partial charge in [-0.1, -0.05) is 37.7 Å². The van der Waals surface area contributed by atoms with E-state index < -0.39 is 6.04 Å². The molecule has 5 nitrogen and oxygen atoms in total. The molecule has 0 N–H and O–H groups in total. The van der Waals surface area contributed by atoms with Crippen molar-refractivity contribution < 1.29 is 14.0 Å². The van der Waals surface area contributed by atoms with Crippen LogP contribution in [0, 0.1) is 11.7 Å². The number of para-hydroxylation sites is 1. The van der Waals surface area contributed by atoms with E-state index in [1.807, 2.05) is 38.1 Å². The van der Waals surface area contributed by atoms with Gasteiger partial charge >= 0.3 is 0 Å². The maximum absolute atomic E-state index is 13.1. The number of nitrogens with zero attached hydrogens (tertiary/aromatic N) is 3. The van der Waals surface area contributed by atoms with Crippen molar-refractivity contribution in [3.8, 4) is 0 Å². The summed E-state index contributed by atoms with van der Waals surface area (Å²) in [5, 5.41) is 0.445. The minimum Gasteiger partial charge on any atom is -0.293 e. The predicted molar refractivity (Wildman–Crippen MR) is 109 cm³/mol. The molecule has 28 heavy (non-hydrogen) atoms. The van der Waals surface area contributed by atoms with Gasteiger partial charge in [-0.05, 0) is 42.3 Å². The van der Waals surface area contributed by atoms with Crippen LogP contribution in [-0.2, 0) is 4.79 Å². The van der Waals surface area contributed by atoms with Gasteiger partial charge in [-0.3, -0.25) is 14.6 Å². The molecule has 0 aromatic heterocycles. The zero-order valence-electron chi connectivity index (χ0n) is 15.4. The van der Waals surface area contributed by atoms with E-state index >= 15 is 0 Å².